The molecular formula is C10H12ClNO3S. The summed E-state index contributed by atoms with van der Waals surface area (Å²) in [4.78, 5) is 5.23. The highest BCUT2D eigenvalue weighted by atomic mass is 35.5. The fraction of sp³-hybridized carbons (Fsp3) is 0.400. The number of benzene rings is 1. The van der Waals surface area contributed by atoms with Crippen molar-refractivity contribution in [3.05, 3.63) is 29.3 Å². The molecule has 1 aliphatic heterocycles. The van der Waals surface area contributed by atoms with Gasteiger partial charge in [-0.1, -0.05) is 28.2 Å². The maximum atomic E-state index is 12.1. The molecule has 0 saturated carbocycles. The Balaban J connectivity index is 2.35. The van der Waals surface area contributed by atoms with Gasteiger partial charge in [0.15, 0.2) is 0 Å². The fourth-order valence-electron chi connectivity index (χ4n) is 1.53. The average molecular weight is 262 g/mol. The van der Waals surface area contributed by atoms with Crippen LogP contribution >= 0.6 is 11.6 Å². The predicted molar refractivity (Wildman–Crippen MR) is 60.5 cm³/mol. The van der Waals surface area contributed by atoms with Gasteiger partial charge in [-0.25, -0.2) is 8.42 Å². The van der Waals surface area contributed by atoms with E-state index in [1.165, 1.54) is 6.07 Å². The van der Waals surface area contributed by atoms with E-state index in [0.29, 0.717) is 13.2 Å². The number of halogens is 1. The summed E-state index contributed by atoms with van der Waals surface area (Å²) in [7, 11) is -3.61. The SMILES string of the molecule is O=S(=O)(c1ccccc1Cl)N1CCCCO1. The standard InChI is InChI=1S/C10H12ClNO3S/c11-9-5-1-2-6-10(9)16(13,14)12-7-3-4-8-15-12/h1-2,5-6H,3-4,7-8H2. The van der Waals surface area contributed by atoms with Crippen molar-refractivity contribution in [2.24, 2.45) is 0 Å². The van der Waals surface area contributed by atoms with E-state index in [9.17, 15) is 8.42 Å². The number of rotatable bonds is 2. The smallest absolute Gasteiger partial charge is 0.266 e. The van der Waals surface area contributed by atoms with Crippen molar-refractivity contribution in [2.75, 3.05) is 13.2 Å². The van der Waals surface area contributed by atoms with Gasteiger partial charge in [-0.2, -0.15) is 0 Å². The molecule has 1 heterocycles. The summed E-state index contributed by atoms with van der Waals surface area (Å²) in [5, 5.41) is 0.219. The fourth-order valence-corrected chi connectivity index (χ4v) is 3.32. The Kier molecular flexibility index (Phi) is 3.49. The molecule has 1 saturated heterocycles. The third kappa shape index (κ3) is 2.22. The van der Waals surface area contributed by atoms with Gasteiger partial charge in [0.1, 0.15) is 4.90 Å². The number of sulfonamides is 1. The van der Waals surface area contributed by atoms with Crippen molar-refractivity contribution in [3.8, 4) is 0 Å². The Bertz CT molecular complexity index is 469. The summed E-state index contributed by atoms with van der Waals surface area (Å²) in [5.74, 6) is 0. The van der Waals surface area contributed by atoms with Crippen molar-refractivity contribution in [1.29, 1.82) is 0 Å². The number of nitrogens with zero attached hydrogens (tertiary/aromatic N) is 1. The summed E-state index contributed by atoms with van der Waals surface area (Å²) in [6.45, 7) is 0.817. The predicted octanol–water partition coefficient (Wildman–Crippen LogP) is 2.06. The van der Waals surface area contributed by atoms with Crippen molar-refractivity contribution >= 4 is 21.6 Å². The van der Waals surface area contributed by atoms with Crippen LogP contribution in [-0.4, -0.2) is 26.0 Å². The maximum absolute atomic E-state index is 12.1. The Morgan fingerprint density at radius 2 is 2.00 bits per heavy atom. The molecule has 0 aliphatic carbocycles. The first-order valence-corrected chi connectivity index (χ1v) is 6.84. The molecule has 0 spiro atoms. The lowest BCUT2D eigenvalue weighted by molar-refractivity contribution is -0.108. The van der Waals surface area contributed by atoms with E-state index in [1.807, 2.05) is 0 Å². The average Bonchev–Trinajstić information content (AvgIpc) is 2.30. The monoisotopic (exact) mass is 261 g/mol. The van der Waals surface area contributed by atoms with E-state index in [4.69, 9.17) is 16.4 Å². The van der Waals surface area contributed by atoms with E-state index < -0.39 is 10.0 Å². The van der Waals surface area contributed by atoms with Crippen LogP contribution in [-0.2, 0) is 14.9 Å². The summed E-state index contributed by atoms with van der Waals surface area (Å²) in [6.07, 6.45) is 1.69. The van der Waals surface area contributed by atoms with Crippen molar-refractivity contribution in [1.82, 2.24) is 4.47 Å². The molecular weight excluding hydrogens is 250 g/mol. The molecule has 0 atom stereocenters. The van der Waals surface area contributed by atoms with E-state index in [2.05, 4.69) is 0 Å². The molecule has 1 aliphatic rings. The van der Waals surface area contributed by atoms with Gasteiger partial charge in [-0.3, -0.25) is 4.84 Å². The van der Waals surface area contributed by atoms with E-state index in [0.717, 1.165) is 17.3 Å². The summed E-state index contributed by atoms with van der Waals surface area (Å²) in [5.41, 5.74) is 0. The van der Waals surface area contributed by atoms with Crippen LogP contribution in [0.25, 0.3) is 0 Å². The molecule has 88 valence electrons. The molecule has 0 amide bonds. The molecule has 0 N–H and O–H groups in total. The molecule has 1 aromatic carbocycles. The highest BCUT2D eigenvalue weighted by Crippen LogP contribution is 2.25. The van der Waals surface area contributed by atoms with Gasteiger partial charge < -0.3 is 0 Å². The minimum atomic E-state index is -3.61. The zero-order valence-electron chi connectivity index (χ0n) is 8.60. The van der Waals surface area contributed by atoms with Gasteiger partial charge in [-0.15, -0.1) is 0 Å². The van der Waals surface area contributed by atoms with Crippen LogP contribution in [0.3, 0.4) is 0 Å². The largest absolute Gasteiger partial charge is 0.284 e. The lowest BCUT2D eigenvalue weighted by Gasteiger charge is -2.25. The molecule has 1 aromatic rings. The van der Waals surface area contributed by atoms with Gasteiger partial charge in [0.2, 0.25) is 0 Å². The molecule has 16 heavy (non-hydrogen) atoms. The molecule has 2 rings (SSSR count). The number of hydrogen-bond donors (Lipinski definition) is 0. The Morgan fingerprint density at radius 1 is 1.25 bits per heavy atom. The van der Waals surface area contributed by atoms with Crippen LogP contribution in [0.5, 0.6) is 0 Å². The first kappa shape index (κ1) is 11.9. The lowest BCUT2D eigenvalue weighted by atomic mass is 10.3. The second-order valence-corrected chi connectivity index (χ2v) is 5.71. The molecule has 0 unspecified atom stereocenters. The Hall–Kier alpha value is -0.620. The Labute approximate surface area is 99.8 Å². The van der Waals surface area contributed by atoms with Crippen LogP contribution in [0.1, 0.15) is 12.8 Å². The zero-order valence-corrected chi connectivity index (χ0v) is 10.2. The van der Waals surface area contributed by atoms with Gasteiger partial charge in [0.25, 0.3) is 10.0 Å². The van der Waals surface area contributed by atoms with Crippen LogP contribution in [0.15, 0.2) is 29.2 Å². The maximum Gasteiger partial charge on any atom is 0.266 e. The van der Waals surface area contributed by atoms with Crippen molar-refractivity contribution < 1.29 is 13.3 Å². The third-order valence-electron chi connectivity index (χ3n) is 2.35. The summed E-state index contributed by atoms with van der Waals surface area (Å²) in [6, 6.07) is 6.37. The first-order valence-electron chi connectivity index (χ1n) is 5.02. The van der Waals surface area contributed by atoms with E-state index in [-0.39, 0.29) is 9.92 Å². The number of hydroxylamine groups is 1. The number of hydrogen-bond acceptors (Lipinski definition) is 3. The van der Waals surface area contributed by atoms with Crippen LogP contribution in [0, 0.1) is 0 Å². The van der Waals surface area contributed by atoms with E-state index in [1.54, 1.807) is 18.2 Å². The topological polar surface area (TPSA) is 46.6 Å². The van der Waals surface area contributed by atoms with Crippen molar-refractivity contribution in [2.45, 2.75) is 17.7 Å². The summed E-state index contributed by atoms with van der Waals surface area (Å²) >= 11 is 5.87. The normalized spacial score (nSPS) is 18.6. The molecule has 6 heteroatoms. The van der Waals surface area contributed by atoms with Gasteiger partial charge >= 0.3 is 0 Å². The van der Waals surface area contributed by atoms with Crippen molar-refractivity contribution in [3.63, 3.8) is 0 Å². The Morgan fingerprint density at radius 3 is 2.62 bits per heavy atom. The van der Waals surface area contributed by atoms with Crippen LogP contribution < -0.4 is 0 Å². The zero-order chi connectivity index (χ0) is 11.6. The highest BCUT2D eigenvalue weighted by Gasteiger charge is 2.28. The first-order chi connectivity index (χ1) is 7.62. The second kappa shape index (κ2) is 4.71. The molecule has 4 nitrogen and oxygen atoms in total. The van der Waals surface area contributed by atoms with Crippen LogP contribution in [0.2, 0.25) is 5.02 Å². The minimum Gasteiger partial charge on any atom is -0.284 e. The molecule has 0 radical (unpaired) electrons. The van der Waals surface area contributed by atoms with Gasteiger partial charge in [0, 0.05) is 6.54 Å². The minimum absolute atomic E-state index is 0.0959. The molecule has 1 fully saturated rings. The highest BCUT2D eigenvalue weighted by molar-refractivity contribution is 7.89. The summed E-state index contributed by atoms with van der Waals surface area (Å²) < 4.78 is 25.3. The van der Waals surface area contributed by atoms with Gasteiger partial charge in [0.05, 0.1) is 11.6 Å². The molecule has 0 bridgehead atoms. The quantitative estimate of drug-likeness (QED) is 0.819. The molecule has 0 aromatic heterocycles. The third-order valence-corrected chi connectivity index (χ3v) is 4.53. The van der Waals surface area contributed by atoms with Gasteiger partial charge in [-0.05, 0) is 25.0 Å². The van der Waals surface area contributed by atoms with Crippen LogP contribution in [0.4, 0.5) is 0 Å². The van der Waals surface area contributed by atoms with E-state index >= 15 is 0 Å². The lowest BCUT2D eigenvalue weighted by Crippen LogP contribution is -2.35. The second-order valence-electron chi connectivity index (χ2n) is 3.50.